The zero-order valence-corrected chi connectivity index (χ0v) is 16.1. The molecule has 2 rings (SSSR count). The van der Waals surface area contributed by atoms with Crippen LogP contribution in [-0.4, -0.2) is 20.8 Å². The highest BCUT2D eigenvalue weighted by Gasteiger charge is 2.17. The number of benzene rings is 2. The molecule has 2 aromatic carbocycles. The number of ether oxygens (including phenoxy) is 2. The van der Waals surface area contributed by atoms with Crippen LogP contribution in [0.1, 0.15) is 5.56 Å². The van der Waals surface area contributed by atoms with Gasteiger partial charge in [-0.2, -0.15) is 0 Å². The molecular formula is C19H23F2NO3Si. The summed E-state index contributed by atoms with van der Waals surface area (Å²) >= 11 is 0. The van der Waals surface area contributed by atoms with E-state index < -0.39 is 31.5 Å². The van der Waals surface area contributed by atoms with Gasteiger partial charge in [-0.05, 0) is 11.6 Å². The van der Waals surface area contributed by atoms with Crippen LogP contribution in [-0.2, 0) is 11.3 Å². The maximum Gasteiger partial charge on any atom is 0.411 e. The first kappa shape index (κ1) is 19.9. The molecule has 0 aliphatic heterocycles. The fourth-order valence-electron chi connectivity index (χ4n) is 2.08. The molecule has 0 saturated heterocycles. The van der Waals surface area contributed by atoms with Crippen LogP contribution in [0, 0.1) is 11.6 Å². The highest BCUT2D eigenvalue weighted by Crippen LogP contribution is 2.26. The van der Waals surface area contributed by atoms with Gasteiger partial charge < -0.3 is 9.47 Å². The van der Waals surface area contributed by atoms with E-state index in [1.807, 2.05) is 30.3 Å². The van der Waals surface area contributed by atoms with E-state index in [0.29, 0.717) is 0 Å². The van der Waals surface area contributed by atoms with Gasteiger partial charge in [-0.1, -0.05) is 50.0 Å². The molecule has 0 aromatic heterocycles. The van der Waals surface area contributed by atoms with Gasteiger partial charge in [0, 0.05) is 20.2 Å². The van der Waals surface area contributed by atoms with E-state index in [4.69, 9.17) is 9.47 Å². The first-order valence-electron chi connectivity index (χ1n) is 8.34. The average Bonchev–Trinajstić information content (AvgIpc) is 2.56. The standard InChI is InChI=1S/C19H23F2NO3Si/c1-26(2,3)10-9-24-19(23)22-18-16(20)11-15(12-17(18)21)25-13-14-7-5-4-6-8-14/h4-8,11-12H,9-10,13H2,1-3H3,(H,22,23). The number of hydrogen-bond donors (Lipinski definition) is 1. The lowest BCUT2D eigenvalue weighted by Gasteiger charge is -2.16. The molecule has 0 aliphatic rings. The minimum Gasteiger partial charge on any atom is -0.489 e. The number of carbonyl (C=O) groups is 1. The minimum atomic E-state index is -1.35. The lowest BCUT2D eigenvalue weighted by molar-refractivity contribution is 0.167. The summed E-state index contributed by atoms with van der Waals surface area (Å²) in [5.74, 6) is -1.80. The van der Waals surface area contributed by atoms with Crippen molar-refractivity contribution in [3.63, 3.8) is 0 Å². The molecule has 0 atom stereocenters. The lowest BCUT2D eigenvalue weighted by Crippen LogP contribution is -2.24. The highest BCUT2D eigenvalue weighted by molar-refractivity contribution is 6.76. The van der Waals surface area contributed by atoms with Gasteiger partial charge in [-0.3, -0.25) is 5.32 Å². The van der Waals surface area contributed by atoms with Crippen molar-refractivity contribution in [2.75, 3.05) is 11.9 Å². The zero-order valence-electron chi connectivity index (χ0n) is 15.1. The minimum absolute atomic E-state index is 0.0431. The molecule has 7 heteroatoms. The van der Waals surface area contributed by atoms with E-state index in [0.717, 1.165) is 23.7 Å². The van der Waals surface area contributed by atoms with E-state index in [1.165, 1.54) is 0 Å². The third kappa shape index (κ3) is 6.48. The van der Waals surface area contributed by atoms with Crippen LogP contribution < -0.4 is 10.1 Å². The SMILES string of the molecule is C[Si](C)(C)CCOC(=O)Nc1c(F)cc(OCc2ccccc2)cc1F. The smallest absolute Gasteiger partial charge is 0.411 e. The van der Waals surface area contributed by atoms with Crippen LogP contribution >= 0.6 is 0 Å². The van der Waals surface area contributed by atoms with Crippen molar-refractivity contribution in [2.45, 2.75) is 32.3 Å². The summed E-state index contributed by atoms with van der Waals surface area (Å²) in [5.41, 5.74) is 0.330. The third-order valence-corrected chi connectivity index (χ3v) is 5.28. The Morgan fingerprint density at radius 3 is 2.27 bits per heavy atom. The summed E-state index contributed by atoms with van der Waals surface area (Å²) < 4.78 is 38.6. The first-order valence-corrected chi connectivity index (χ1v) is 12.0. The summed E-state index contributed by atoms with van der Waals surface area (Å²) in [4.78, 5) is 11.7. The summed E-state index contributed by atoms with van der Waals surface area (Å²) in [6, 6.07) is 12.1. The number of nitrogens with one attached hydrogen (secondary N) is 1. The van der Waals surface area contributed by atoms with Crippen LogP contribution in [0.5, 0.6) is 5.75 Å². The van der Waals surface area contributed by atoms with Crippen molar-refractivity contribution < 1.29 is 23.0 Å². The summed E-state index contributed by atoms with van der Waals surface area (Å²) in [7, 11) is -1.35. The molecule has 1 amide bonds. The number of halogens is 2. The van der Waals surface area contributed by atoms with Gasteiger partial charge in [0.25, 0.3) is 0 Å². The van der Waals surface area contributed by atoms with Crippen LogP contribution in [0.15, 0.2) is 42.5 Å². The Bertz CT molecular complexity index is 725. The van der Waals surface area contributed by atoms with Crippen LogP contribution in [0.4, 0.5) is 19.3 Å². The molecule has 0 spiro atoms. The second-order valence-corrected chi connectivity index (χ2v) is 12.7. The van der Waals surface area contributed by atoms with Gasteiger partial charge in [0.2, 0.25) is 0 Å². The predicted octanol–water partition coefficient (Wildman–Crippen LogP) is 5.43. The second-order valence-electron chi connectivity index (χ2n) is 7.11. The van der Waals surface area contributed by atoms with Gasteiger partial charge in [0.05, 0.1) is 6.61 Å². The average molecular weight is 379 g/mol. The number of rotatable bonds is 7. The van der Waals surface area contributed by atoms with E-state index >= 15 is 0 Å². The topological polar surface area (TPSA) is 47.6 Å². The molecule has 0 unspecified atom stereocenters. The number of amides is 1. The fourth-order valence-corrected chi connectivity index (χ4v) is 2.80. The molecule has 0 fully saturated rings. The maximum atomic E-state index is 14.1. The largest absolute Gasteiger partial charge is 0.489 e. The van der Waals surface area contributed by atoms with E-state index in [-0.39, 0.29) is 19.0 Å². The number of carbonyl (C=O) groups excluding carboxylic acids is 1. The Labute approximate surface area is 153 Å². The second kappa shape index (κ2) is 8.80. The van der Waals surface area contributed by atoms with Gasteiger partial charge in [0.15, 0.2) is 11.6 Å². The Hall–Kier alpha value is -2.41. The first-order chi connectivity index (χ1) is 12.2. The van der Waals surface area contributed by atoms with Crippen LogP contribution in [0.2, 0.25) is 25.7 Å². The van der Waals surface area contributed by atoms with Crippen molar-refractivity contribution >= 4 is 19.9 Å². The van der Waals surface area contributed by atoms with Crippen molar-refractivity contribution in [3.8, 4) is 5.75 Å². The summed E-state index contributed by atoms with van der Waals surface area (Å²) in [5, 5.41) is 2.11. The Morgan fingerprint density at radius 2 is 1.69 bits per heavy atom. The fraction of sp³-hybridized carbons (Fsp3) is 0.316. The number of hydrogen-bond acceptors (Lipinski definition) is 3. The molecule has 26 heavy (non-hydrogen) atoms. The predicted molar refractivity (Wildman–Crippen MR) is 100 cm³/mol. The van der Waals surface area contributed by atoms with Crippen LogP contribution in [0.3, 0.4) is 0 Å². The molecular weight excluding hydrogens is 356 g/mol. The quantitative estimate of drug-likeness (QED) is 0.653. The van der Waals surface area contributed by atoms with E-state index in [1.54, 1.807) is 0 Å². The monoisotopic (exact) mass is 379 g/mol. The summed E-state index contributed by atoms with van der Waals surface area (Å²) in [6.07, 6.45) is -0.876. The molecule has 0 heterocycles. The number of anilines is 1. The Kier molecular flexibility index (Phi) is 6.74. The van der Waals surface area contributed by atoms with E-state index in [9.17, 15) is 13.6 Å². The summed E-state index contributed by atoms with van der Waals surface area (Å²) in [6.45, 7) is 6.83. The van der Waals surface area contributed by atoms with Crippen LogP contribution in [0.25, 0.3) is 0 Å². The molecule has 2 aromatic rings. The Balaban J connectivity index is 1.94. The molecule has 0 saturated carbocycles. The molecule has 0 bridgehead atoms. The highest BCUT2D eigenvalue weighted by atomic mass is 28.3. The molecule has 140 valence electrons. The molecule has 4 nitrogen and oxygen atoms in total. The molecule has 1 N–H and O–H groups in total. The van der Waals surface area contributed by atoms with Gasteiger partial charge in [-0.15, -0.1) is 0 Å². The van der Waals surface area contributed by atoms with Crippen molar-refractivity contribution in [3.05, 3.63) is 59.7 Å². The Morgan fingerprint density at radius 1 is 1.08 bits per heavy atom. The van der Waals surface area contributed by atoms with Gasteiger partial charge in [-0.25, -0.2) is 13.6 Å². The third-order valence-electron chi connectivity index (χ3n) is 3.58. The molecule has 0 radical (unpaired) electrons. The van der Waals surface area contributed by atoms with Crippen molar-refractivity contribution in [2.24, 2.45) is 0 Å². The lowest BCUT2D eigenvalue weighted by atomic mass is 10.2. The van der Waals surface area contributed by atoms with Crippen molar-refractivity contribution in [1.29, 1.82) is 0 Å². The normalized spacial score (nSPS) is 11.1. The maximum absolute atomic E-state index is 14.1. The molecule has 0 aliphatic carbocycles. The van der Waals surface area contributed by atoms with Gasteiger partial charge >= 0.3 is 6.09 Å². The van der Waals surface area contributed by atoms with Crippen molar-refractivity contribution in [1.82, 2.24) is 0 Å². The zero-order chi connectivity index (χ0) is 19.2. The van der Waals surface area contributed by atoms with E-state index in [2.05, 4.69) is 25.0 Å². The van der Waals surface area contributed by atoms with Gasteiger partial charge in [0.1, 0.15) is 18.0 Å².